The Hall–Kier alpha value is -3.81. The number of aromatic amines is 1. The minimum atomic E-state index is -1.19. The Kier molecular flexibility index (Phi) is 4.88. The molecule has 1 aromatic heterocycles. The summed E-state index contributed by atoms with van der Waals surface area (Å²) in [6, 6.07) is 12.1. The van der Waals surface area contributed by atoms with Crippen LogP contribution in [-0.4, -0.2) is 47.9 Å². The first-order valence-corrected chi connectivity index (χ1v) is 11.1. The third-order valence-electron chi connectivity index (χ3n) is 6.69. The fraction of sp³-hybridized carbons (Fsp3) is 0.320. The molecule has 3 aromatic rings. The lowest BCUT2D eigenvalue weighted by molar-refractivity contribution is -0.125. The van der Waals surface area contributed by atoms with Crippen LogP contribution in [0.15, 0.2) is 42.5 Å². The van der Waals surface area contributed by atoms with E-state index in [-0.39, 0.29) is 11.8 Å². The maximum atomic E-state index is 13.9. The highest BCUT2D eigenvalue weighted by atomic mass is 16.5. The van der Waals surface area contributed by atoms with Crippen molar-refractivity contribution in [3.05, 3.63) is 59.3 Å². The number of carbonyl (C=O) groups is 3. The molecule has 8 nitrogen and oxygen atoms in total. The smallest absolute Gasteiger partial charge is 0.332 e. The maximum Gasteiger partial charge on any atom is 0.332 e. The number of para-hydroxylation sites is 1. The van der Waals surface area contributed by atoms with Gasteiger partial charge in [0, 0.05) is 24.0 Å². The van der Waals surface area contributed by atoms with E-state index in [0.717, 1.165) is 33.5 Å². The van der Waals surface area contributed by atoms with Crippen molar-refractivity contribution in [3.63, 3.8) is 0 Å². The van der Waals surface area contributed by atoms with Gasteiger partial charge >= 0.3 is 6.03 Å². The molecule has 0 aliphatic carbocycles. The monoisotopic (exact) mass is 446 g/mol. The second-order valence-corrected chi connectivity index (χ2v) is 8.56. The molecule has 0 bridgehead atoms. The molecule has 8 heteroatoms. The summed E-state index contributed by atoms with van der Waals surface area (Å²) in [6.07, 6.45) is 1.40. The summed E-state index contributed by atoms with van der Waals surface area (Å²) in [4.78, 5) is 46.4. The van der Waals surface area contributed by atoms with Gasteiger partial charge in [0.1, 0.15) is 5.75 Å². The first kappa shape index (κ1) is 21.1. The van der Waals surface area contributed by atoms with E-state index in [9.17, 15) is 14.4 Å². The number of hydrogen-bond acceptors (Lipinski definition) is 4. The number of rotatable bonds is 5. The molecule has 33 heavy (non-hydrogen) atoms. The predicted octanol–water partition coefficient (Wildman–Crippen LogP) is 3.56. The van der Waals surface area contributed by atoms with Crippen molar-refractivity contribution in [1.29, 1.82) is 0 Å². The van der Waals surface area contributed by atoms with Gasteiger partial charge in [0.2, 0.25) is 0 Å². The van der Waals surface area contributed by atoms with E-state index in [2.05, 4.69) is 10.3 Å². The number of imide groups is 1. The van der Waals surface area contributed by atoms with Crippen LogP contribution >= 0.6 is 0 Å². The SMILES string of the molecule is CCCNC(=O)c1ccccc1N1C(=O)N2CCc3c([nH]c4ccc(OC)cc34)[C@@]2(C)C1=O. The first-order chi connectivity index (χ1) is 15.9. The Balaban J connectivity index is 1.61. The summed E-state index contributed by atoms with van der Waals surface area (Å²) in [6.45, 7) is 4.66. The van der Waals surface area contributed by atoms with E-state index in [1.165, 1.54) is 0 Å². The number of fused-ring (bicyclic) bond motifs is 5. The summed E-state index contributed by atoms with van der Waals surface area (Å²) < 4.78 is 5.38. The van der Waals surface area contributed by atoms with Crippen molar-refractivity contribution < 1.29 is 19.1 Å². The van der Waals surface area contributed by atoms with Crippen molar-refractivity contribution in [2.45, 2.75) is 32.2 Å². The Bertz CT molecular complexity index is 1300. The lowest BCUT2D eigenvalue weighted by atomic mass is 9.87. The van der Waals surface area contributed by atoms with E-state index in [1.54, 1.807) is 43.2 Å². The van der Waals surface area contributed by atoms with Crippen molar-refractivity contribution >= 4 is 34.4 Å². The van der Waals surface area contributed by atoms with Gasteiger partial charge in [0.15, 0.2) is 5.54 Å². The van der Waals surface area contributed by atoms with Gasteiger partial charge in [-0.05, 0) is 55.7 Å². The minimum Gasteiger partial charge on any atom is -0.497 e. The van der Waals surface area contributed by atoms with Crippen LogP contribution in [0, 0.1) is 0 Å². The fourth-order valence-electron chi connectivity index (χ4n) is 4.95. The molecular weight excluding hydrogens is 420 g/mol. The Labute approximate surface area is 191 Å². The molecule has 0 radical (unpaired) electrons. The van der Waals surface area contributed by atoms with Crippen molar-refractivity contribution in [2.75, 3.05) is 25.1 Å². The molecule has 1 atom stereocenters. The van der Waals surface area contributed by atoms with Gasteiger partial charge in [-0.15, -0.1) is 0 Å². The Morgan fingerprint density at radius 3 is 2.76 bits per heavy atom. The highest BCUT2D eigenvalue weighted by Crippen LogP contribution is 2.46. The number of amides is 4. The van der Waals surface area contributed by atoms with Gasteiger partial charge in [-0.25, -0.2) is 9.69 Å². The van der Waals surface area contributed by atoms with Gasteiger partial charge in [-0.1, -0.05) is 19.1 Å². The number of H-pyrrole nitrogens is 1. The Morgan fingerprint density at radius 2 is 2.00 bits per heavy atom. The maximum absolute atomic E-state index is 13.9. The number of methoxy groups -OCH3 is 1. The number of hydrogen-bond donors (Lipinski definition) is 2. The molecule has 170 valence electrons. The molecule has 0 saturated carbocycles. The minimum absolute atomic E-state index is 0.302. The average Bonchev–Trinajstić information content (AvgIpc) is 3.30. The summed E-state index contributed by atoms with van der Waals surface area (Å²) >= 11 is 0. The summed E-state index contributed by atoms with van der Waals surface area (Å²) in [5.74, 6) is 0.0588. The van der Waals surface area contributed by atoms with Gasteiger partial charge in [0.05, 0.1) is 24.1 Å². The lowest BCUT2D eigenvalue weighted by Gasteiger charge is -2.35. The highest BCUT2D eigenvalue weighted by molar-refractivity contribution is 6.25. The van der Waals surface area contributed by atoms with E-state index in [4.69, 9.17) is 4.74 Å². The zero-order chi connectivity index (χ0) is 23.3. The van der Waals surface area contributed by atoms with E-state index >= 15 is 0 Å². The van der Waals surface area contributed by atoms with Gasteiger partial charge < -0.3 is 19.9 Å². The van der Waals surface area contributed by atoms with Crippen LogP contribution in [0.25, 0.3) is 10.9 Å². The van der Waals surface area contributed by atoms with Crippen molar-refractivity contribution in [2.24, 2.45) is 0 Å². The van der Waals surface area contributed by atoms with E-state index in [1.807, 2.05) is 25.1 Å². The second-order valence-electron chi connectivity index (χ2n) is 8.56. The third kappa shape index (κ3) is 2.93. The molecule has 2 aliphatic heterocycles. The van der Waals surface area contributed by atoms with Gasteiger partial charge in [-0.2, -0.15) is 0 Å². The molecular formula is C25H26N4O4. The quantitative estimate of drug-likeness (QED) is 0.586. The summed E-state index contributed by atoms with van der Waals surface area (Å²) in [7, 11) is 1.62. The molecule has 1 fully saturated rings. The average molecular weight is 447 g/mol. The standard InChI is InChI=1S/C25H26N4O4/c1-4-12-26-22(30)17-7-5-6-8-20(17)29-23(31)25(2)21-16(11-13-28(25)24(29)32)18-14-15(33-3)9-10-19(18)27-21/h5-10,14,27H,4,11-13H2,1-3H3,(H,26,30)/t25-/m0/s1. The number of ether oxygens (including phenoxy) is 1. The highest BCUT2D eigenvalue weighted by Gasteiger charge is 2.59. The molecule has 1 saturated heterocycles. The Morgan fingerprint density at radius 1 is 1.21 bits per heavy atom. The topological polar surface area (TPSA) is 94.7 Å². The number of anilines is 1. The molecule has 2 aromatic carbocycles. The number of urea groups is 1. The number of aromatic nitrogens is 1. The van der Waals surface area contributed by atoms with Gasteiger partial charge in [-0.3, -0.25) is 9.59 Å². The van der Waals surface area contributed by atoms with Crippen LogP contribution in [0.1, 0.15) is 41.9 Å². The van der Waals surface area contributed by atoms with Gasteiger partial charge in [0.25, 0.3) is 11.8 Å². The van der Waals surface area contributed by atoms with Crippen LogP contribution < -0.4 is 15.0 Å². The number of benzene rings is 2. The van der Waals surface area contributed by atoms with Crippen LogP contribution in [-0.2, 0) is 16.8 Å². The van der Waals surface area contributed by atoms with Crippen molar-refractivity contribution in [3.8, 4) is 5.75 Å². The normalized spacial score (nSPS) is 19.6. The number of carbonyl (C=O) groups excluding carboxylic acids is 3. The predicted molar refractivity (Wildman–Crippen MR) is 125 cm³/mol. The molecule has 0 spiro atoms. The molecule has 3 heterocycles. The molecule has 2 N–H and O–H groups in total. The number of nitrogens with one attached hydrogen (secondary N) is 2. The van der Waals surface area contributed by atoms with Crippen LogP contribution in [0.2, 0.25) is 0 Å². The molecule has 5 rings (SSSR count). The second kappa shape index (κ2) is 7.65. The lowest BCUT2D eigenvalue weighted by Crippen LogP contribution is -2.49. The largest absolute Gasteiger partial charge is 0.497 e. The zero-order valence-electron chi connectivity index (χ0n) is 18.9. The molecule has 0 unspecified atom stereocenters. The third-order valence-corrected chi connectivity index (χ3v) is 6.69. The van der Waals surface area contributed by atoms with E-state index < -0.39 is 11.6 Å². The zero-order valence-corrected chi connectivity index (χ0v) is 18.9. The molecule has 2 aliphatic rings. The summed E-state index contributed by atoms with van der Waals surface area (Å²) in [5.41, 5.74) is 2.03. The van der Waals surface area contributed by atoms with Crippen LogP contribution in [0.5, 0.6) is 5.75 Å². The number of nitrogens with zero attached hydrogens (tertiary/aromatic N) is 2. The van der Waals surface area contributed by atoms with Crippen molar-refractivity contribution in [1.82, 2.24) is 15.2 Å². The van der Waals surface area contributed by atoms with Crippen LogP contribution in [0.4, 0.5) is 10.5 Å². The molecule has 4 amide bonds. The summed E-state index contributed by atoms with van der Waals surface area (Å²) in [5, 5.41) is 3.83. The van der Waals surface area contributed by atoms with E-state index in [0.29, 0.717) is 36.5 Å². The first-order valence-electron chi connectivity index (χ1n) is 11.1. The fourth-order valence-corrected chi connectivity index (χ4v) is 4.95. The van der Waals surface area contributed by atoms with Crippen LogP contribution in [0.3, 0.4) is 0 Å².